The number of methoxy groups -OCH3 is 1. The number of amides is 4. The molecular formula is C47H57N5O9S. The van der Waals surface area contributed by atoms with Crippen LogP contribution in [0.15, 0.2) is 67.3 Å². The van der Waals surface area contributed by atoms with Crippen molar-refractivity contribution in [3.05, 3.63) is 72.8 Å². The summed E-state index contributed by atoms with van der Waals surface area (Å²) in [6, 6.07) is 13.3. The maximum atomic E-state index is 15.1. The molecule has 4 fully saturated rings. The van der Waals surface area contributed by atoms with Crippen LogP contribution >= 0.6 is 0 Å². The van der Waals surface area contributed by atoms with Crippen LogP contribution in [0.25, 0.3) is 28.2 Å². The van der Waals surface area contributed by atoms with Crippen LogP contribution in [0.1, 0.15) is 90.0 Å². The number of ether oxygens (including phenoxy) is 3. The first kappa shape index (κ1) is 43.2. The summed E-state index contributed by atoms with van der Waals surface area (Å²) in [5.74, 6) is -1.54. The van der Waals surface area contributed by atoms with Gasteiger partial charge in [-0.2, -0.15) is 0 Å². The van der Waals surface area contributed by atoms with Crippen LogP contribution in [0.5, 0.6) is 11.5 Å². The van der Waals surface area contributed by atoms with E-state index in [1.807, 2.05) is 68.5 Å². The van der Waals surface area contributed by atoms with Crippen LogP contribution in [-0.4, -0.2) is 91.4 Å². The van der Waals surface area contributed by atoms with Crippen molar-refractivity contribution in [1.82, 2.24) is 25.2 Å². The van der Waals surface area contributed by atoms with E-state index in [9.17, 15) is 22.8 Å². The summed E-state index contributed by atoms with van der Waals surface area (Å²) in [7, 11) is -2.31. The Morgan fingerprint density at radius 2 is 1.81 bits per heavy atom. The minimum atomic E-state index is -3.92. The van der Waals surface area contributed by atoms with E-state index < -0.39 is 68.7 Å². The number of carbonyl (C=O) groups excluding carboxylic acids is 4. The third-order valence-corrected chi connectivity index (χ3v) is 14.9. The molecule has 8 rings (SSSR count). The van der Waals surface area contributed by atoms with Crippen molar-refractivity contribution >= 4 is 50.8 Å². The molecule has 2 aliphatic heterocycles. The number of rotatable bonds is 9. The van der Waals surface area contributed by atoms with Gasteiger partial charge in [0.2, 0.25) is 21.8 Å². The van der Waals surface area contributed by atoms with Crippen molar-refractivity contribution < 1.29 is 41.8 Å². The summed E-state index contributed by atoms with van der Waals surface area (Å²) in [5, 5.41) is 5.86. The average molecular weight is 868 g/mol. The van der Waals surface area contributed by atoms with Gasteiger partial charge in [0.15, 0.2) is 0 Å². The van der Waals surface area contributed by atoms with Gasteiger partial charge in [-0.3, -0.25) is 19.1 Å². The predicted molar refractivity (Wildman–Crippen MR) is 234 cm³/mol. The van der Waals surface area contributed by atoms with Gasteiger partial charge < -0.3 is 29.7 Å². The molecule has 3 aromatic rings. The lowest BCUT2D eigenvalue weighted by Crippen LogP contribution is -2.59. The summed E-state index contributed by atoms with van der Waals surface area (Å²) >= 11 is 0. The SMILES string of the molecule is C=C[C@H]1C[C@]1(NC(=O)[C@@H]1C[C@@H]2CN1C(=O)[C@H](C1CCCCC1)NC(=O)OCC(C)(C)CC/C=C/c1cc3c(cc(-c4ccccc4)nc3cc1OC)O2)C(=O)NS(=O)(=O)C1CC1. The molecule has 3 saturated carbocycles. The topological polar surface area (TPSA) is 182 Å². The molecule has 14 nitrogen and oxygen atoms in total. The second-order valence-electron chi connectivity index (χ2n) is 18.3. The molecule has 5 aliphatic rings. The molecule has 0 radical (unpaired) electrons. The van der Waals surface area contributed by atoms with Crippen molar-refractivity contribution in [2.24, 2.45) is 17.3 Å². The summed E-state index contributed by atoms with van der Waals surface area (Å²) in [6.07, 6.45) is 10.9. The summed E-state index contributed by atoms with van der Waals surface area (Å²) in [5.41, 5.74) is 0.980. The molecule has 1 aromatic heterocycles. The van der Waals surface area contributed by atoms with Gasteiger partial charge in [-0.05, 0) is 62.3 Å². The van der Waals surface area contributed by atoms with E-state index in [0.717, 1.165) is 30.4 Å². The molecule has 0 unspecified atom stereocenters. The number of nitrogens with one attached hydrogen (secondary N) is 3. The zero-order valence-corrected chi connectivity index (χ0v) is 36.5. The van der Waals surface area contributed by atoms with E-state index >= 15 is 4.79 Å². The number of aromatic nitrogens is 1. The van der Waals surface area contributed by atoms with Crippen LogP contribution in [0.2, 0.25) is 0 Å². The molecule has 1 saturated heterocycles. The Labute approximate surface area is 363 Å². The molecule has 2 aromatic carbocycles. The van der Waals surface area contributed by atoms with Gasteiger partial charge in [0.1, 0.15) is 35.2 Å². The number of fused-ring (bicyclic) bond motifs is 3. The first-order valence-corrected chi connectivity index (χ1v) is 23.4. The zero-order chi connectivity index (χ0) is 43.8. The number of pyridine rings is 1. The Morgan fingerprint density at radius 1 is 1.05 bits per heavy atom. The molecule has 4 amide bonds. The fourth-order valence-corrected chi connectivity index (χ4v) is 10.6. The third kappa shape index (κ3) is 9.18. The van der Waals surface area contributed by atoms with Gasteiger partial charge in [-0.25, -0.2) is 18.2 Å². The summed E-state index contributed by atoms with van der Waals surface area (Å²) in [6.45, 7) is 7.98. The molecule has 4 bridgehead atoms. The van der Waals surface area contributed by atoms with Gasteiger partial charge in [-0.1, -0.05) is 81.7 Å². The van der Waals surface area contributed by atoms with E-state index in [4.69, 9.17) is 19.2 Å². The lowest BCUT2D eigenvalue weighted by atomic mass is 9.83. The fraction of sp³-hybridized carbons (Fsp3) is 0.511. The Kier molecular flexibility index (Phi) is 12.1. The van der Waals surface area contributed by atoms with E-state index in [-0.39, 0.29) is 37.3 Å². The monoisotopic (exact) mass is 867 g/mol. The van der Waals surface area contributed by atoms with E-state index in [0.29, 0.717) is 66.6 Å². The molecule has 3 N–H and O–H groups in total. The Morgan fingerprint density at radius 3 is 2.50 bits per heavy atom. The number of allylic oxidation sites excluding steroid dienone is 1. The zero-order valence-electron chi connectivity index (χ0n) is 35.7. The van der Waals surface area contributed by atoms with Crippen molar-refractivity contribution in [3.63, 3.8) is 0 Å². The minimum absolute atomic E-state index is 0.0164. The highest BCUT2D eigenvalue weighted by atomic mass is 32.2. The Bertz CT molecular complexity index is 2380. The number of sulfonamides is 1. The van der Waals surface area contributed by atoms with Crippen molar-refractivity contribution in [2.75, 3.05) is 20.3 Å². The number of cyclic esters (lactones) is 1. The van der Waals surface area contributed by atoms with Gasteiger partial charge in [-0.15, -0.1) is 6.58 Å². The summed E-state index contributed by atoms with van der Waals surface area (Å²) in [4.78, 5) is 63.6. The van der Waals surface area contributed by atoms with E-state index in [2.05, 4.69) is 28.0 Å². The number of carbonyl (C=O) groups is 4. The van der Waals surface area contributed by atoms with Gasteiger partial charge in [0.25, 0.3) is 5.91 Å². The second kappa shape index (κ2) is 17.4. The number of alkyl carbamates (subject to hydrolysis) is 1. The van der Waals surface area contributed by atoms with Crippen LogP contribution in [-0.2, 0) is 29.1 Å². The maximum Gasteiger partial charge on any atom is 0.407 e. The van der Waals surface area contributed by atoms with Gasteiger partial charge in [0.05, 0.1) is 36.7 Å². The second-order valence-corrected chi connectivity index (χ2v) is 20.3. The van der Waals surface area contributed by atoms with Crippen molar-refractivity contribution in [3.8, 4) is 22.8 Å². The number of nitrogens with zero attached hydrogens (tertiary/aromatic N) is 2. The first-order chi connectivity index (χ1) is 29.7. The van der Waals surface area contributed by atoms with Crippen LogP contribution < -0.4 is 24.8 Å². The lowest BCUT2D eigenvalue weighted by molar-refractivity contribution is -0.142. The normalized spacial score (nSPS) is 27.4. The number of hydrogen-bond donors (Lipinski definition) is 3. The Balaban J connectivity index is 1.20. The smallest absolute Gasteiger partial charge is 0.407 e. The standard InChI is InChI=1S/C47H57N5O9S/c1-5-32-26-47(32,44(55)51-62(57,58)34-19-20-34)50-42(53)38-23-33-27-52(38)43(54)41(30-16-10-7-11-17-30)49-45(56)60-28-46(2,3)21-13-12-18-31-22-35-37(25-39(31)59-4)48-36(24-40(35)61-33)29-14-8-6-9-15-29/h5-6,8-9,12,14-15,18,22,24-25,30,32-34,38,41H,1,7,10-11,13,16-17,19-21,23,26-28H2,2-4H3,(H,49,56)(H,50,53)(H,51,55)/b18-12+/t32-,33+,38-,41-,47+/m0/s1. The number of hydrogen-bond acceptors (Lipinski definition) is 10. The molecule has 5 atom stereocenters. The fourth-order valence-electron chi connectivity index (χ4n) is 9.19. The highest BCUT2D eigenvalue weighted by Crippen LogP contribution is 2.46. The minimum Gasteiger partial charge on any atom is -0.496 e. The third-order valence-electron chi connectivity index (χ3n) is 13.1. The summed E-state index contributed by atoms with van der Waals surface area (Å²) < 4.78 is 46.5. The predicted octanol–water partition coefficient (Wildman–Crippen LogP) is 6.44. The molecule has 3 aliphatic carbocycles. The van der Waals surface area contributed by atoms with E-state index in [1.165, 1.54) is 11.0 Å². The molecule has 62 heavy (non-hydrogen) atoms. The molecule has 15 heteroatoms. The number of benzene rings is 2. The van der Waals surface area contributed by atoms with Crippen LogP contribution in [0.3, 0.4) is 0 Å². The largest absolute Gasteiger partial charge is 0.496 e. The highest BCUT2D eigenvalue weighted by Gasteiger charge is 2.62. The Hall–Kier alpha value is -5.44. The van der Waals surface area contributed by atoms with Gasteiger partial charge in [0, 0.05) is 41.0 Å². The molecule has 0 spiro atoms. The molecular weight excluding hydrogens is 811 g/mol. The average Bonchev–Trinajstić information content (AvgIpc) is 4.20. The van der Waals surface area contributed by atoms with Gasteiger partial charge >= 0.3 is 6.09 Å². The lowest BCUT2D eigenvalue weighted by Gasteiger charge is -2.35. The highest BCUT2D eigenvalue weighted by molar-refractivity contribution is 7.91. The quantitative estimate of drug-likeness (QED) is 0.203. The van der Waals surface area contributed by atoms with Crippen molar-refractivity contribution in [1.29, 1.82) is 0 Å². The molecule has 3 heterocycles. The maximum absolute atomic E-state index is 15.1. The first-order valence-electron chi connectivity index (χ1n) is 21.9. The van der Waals surface area contributed by atoms with Crippen LogP contribution in [0.4, 0.5) is 4.79 Å². The molecule has 330 valence electrons. The van der Waals surface area contributed by atoms with Crippen molar-refractivity contribution in [2.45, 2.75) is 113 Å². The van der Waals surface area contributed by atoms with Crippen LogP contribution in [0, 0.1) is 17.3 Å². The van der Waals surface area contributed by atoms with E-state index in [1.54, 1.807) is 7.11 Å².